The van der Waals surface area contributed by atoms with Crippen LogP contribution in [0.1, 0.15) is 18.2 Å². The zero-order valence-corrected chi connectivity index (χ0v) is 11.9. The average molecular weight is 283 g/mol. The van der Waals surface area contributed by atoms with E-state index < -0.39 is 6.10 Å². The van der Waals surface area contributed by atoms with Gasteiger partial charge in [-0.25, -0.2) is 0 Å². The molecule has 0 spiro atoms. The number of hydrogen-bond donors (Lipinski definition) is 0. The molecule has 21 heavy (non-hydrogen) atoms. The van der Waals surface area contributed by atoms with Gasteiger partial charge in [-0.15, -0.1) is 0 Å². The first-order valence-electron chi connectivity index (χ1n) is 7.11. The van der Waals surface area contributed by atoms with Crippen molar-refractivity contribution < 1.29 is 14.3 Å². The number of fused-ring (bicyclic) bond motifs is 1. The highest BCUT2D eigenvalue weighted by molar-refractivity contribution is 5.85. The lowest BCUT2D eigenvalue weighted by Crippen LogP contribution is -2.37. The molecule has 2 aromatic rings. The quantitative estimate of drug-likeness (QED) is 0.865. The Balaban J connectivity index is 1.66. The van der Waals surface area contributed by atoms with Gasteiger partial charge in [0.2, 0.25) is 0 Å². The number of para-hydroxylation sites is 2. The van der Waals surface area contributed by atoms with Crippen molar-refractivity contribution >= 4 is 5.78 Å². The van der Waals surface area contributed by atoms with Crippen molar-refractivity contribution in [2.24, 2.45) is 0 Å². The Bertz CT molecular complexity index is 637. The Labute approximate surface area is 123 Å². The predicted octanol–water partition coefficient (Wildman–Crippen LogP) is 2.60. The molecule has 1 aromatic carbocycles. The van der Waals surface area contributed by atoms with Gasteiger partial charge < -0.3 is 9.47 Å². The fourth-order valence-electron chi connectivity index (χ4n) is 2.24. The molecule has 0 radical (unpaired) electrons. The number of carbonyl (C=O) groups is 1. The molecule has 1 atom stereocenters. The fraction of sp³-hybridized carbons (Fsp3) is 0.294. The number of nitrogens with zero attached hydrogens (tertiary/aromatic N) is 1. The van der Waals surface area contributed by atoms with E-state index in [4.69, 9.17) is 9.47 Å². The number of rotatable bonds is 4. The molecule has 1 aliphatic rings. The van der Waals surface area contributed by atoms with Gasteiger partial charge in [0, 0.05) is 11.9 Å². The molecule has 2 heterocycles. The summed E-state index contributed by atoms with van der Waals surface area (Å²) in [4.78, 5) is 16.6. The number of aryl methyl sites for hydroxylation is 1. The van der Waals surface area contributed by atoms with Crippen LogP contribution in [-0.2, 0) is 17.6 Å². The fourth-order valence-corrected chi connectivity index (χ4v) is 2.24. The molecule has 108 valence electrons. The molecule has 0 bridgehead atoms. The van der Waals surface area contributed by atoms with Crippen LogP contribution in [0.4, 0.5) is 0 Å². The number of benzene rings is 1. The van der Waals surface area contributed by atoms with E-state index >= 15 is 0 Å². The summed E-state index contributed by atoms with van der Waals surface area (Å²) in [6, 6.07) is 11.3. The maximum absolute atomic E-state index is 12.3. The van der Waals surface area contributed by atoms with Crippen molar-refractivity contribution in [3.63, 3.8) is 0 Å². The summed E-state index contributed by atoms with van der Waals surface area (Å²) in [5, 5.41) is 0. The van der Waals surface area contributed by atoms with Gasteiger partial charge in [-0.3, -0.25) is 9.78 Å². The molecule has 1 aromatic heterocycles. The van der Waals surface area contributed by atoms with Crippen molar-refractivity contribution in [2.45, 2.75) is 25.9 Å². The first-order chi connectivity index (χ1) is 10.3. The van der Waals surface area contributed by atoms with Gasteiger partial charge in [-0.1, -0.05) is 25.1 Å². The number of carbonyl (C=O) groups excluding carboxylic acids is 1. The Kier molecular flexibility index (Phi) is 3.86. The number of aromatic nitrogens is 1. The van der Waals surface area contributed by atoms with E-state index in [9.17, 15) is 4.79 Å². The summed E-state index contributed by atoms with van der Waals surface area (Å²) in [6.45, 7) is 2.33. The second-order valence-corrected chi connectivity index (χ2v) is 5.02. The number of pyridine rings is 1. The van der Waals surface area contributed by atoms with Crippen LogP contribution >= 0.6 is 0 Å². The highest BCUT2D eigenvalue weighted by Gasteiger charge is 2.27. The van der Waals surface area contributed by atoms with Crippen LogP contribution in [-0.4, -0.2) is 23.5 Å². The zero-order chi connectivity index (χ0) is 14.7. The molecule has 0 N–H and O–H groups in total. The van der Waals surface area contributed by atoms with E-state index in [1.807, 2.05) is 42.6 Å². The second kappa shape index (κ2) is 5.95. The van der Waals surface area contributed by atoms with E-state index in [1.54, 1.807) is 0 Å². The van der Waals surface area contributed by atoms with Crippen LogP contribution < -0.4 is 9.47 Å². The molecule has 0 saturated carbocycles. The van der Waals surface area contributed by atoms with Crippen molar-refractivity contribution in [1.82, 2.24) is 4.98 Å². The molecule has 3 rings (SSSR count). The van der Waals surface area contributed by atoms with Crippen LogP contribution in [0.25, 0.3) is 0 Å². The molecule has 0 fully saturated rings. The maximum Gasteiger partial charge on any atom is 0.191 e. The number of hydrogen-bond acceptors (Lipinski definition) is 4. The number of ether oxygens (including phenoxy) is 2. The molecule has 4 heteroatoms. The van der Waals surface area contributed by atoms with Crippen LogP contribution in [0.5, 0.6) is 11.5 Å². The van der Waals surface area contributed by atoms with E-state index in [-0.39, 0.29) is 18.8 Å². The Morgan fingerprint density at radius 1 is 1.24 bits per heavy atom. The smallest absolute Gasteiger partial charge is 0.191 e. The van der Waals surface area contributed by atoms with Crippen LogP contribution in [0.3, 0.4) is 0 Å². The van der Waals surface area contributed by atoms with E-state index in [0.29, 0.717) is 11.5 Å². The van der Waals surface area contributed by atoms with Gasteiger partial charge in [0.15, 0.2) is 23.4 Å². The summed E-state index contributed by atoms with van der Waals surface area (Å²) in [5.74, 6) is 1.30. The van der Waals surface area contributed by atoms with Gasteiger partial charge in [-0.2, -0.15) is 0 Å². The molecule has 0 aliphatic carbocycles. The lowest BCUT2D eigenvalue weighted by molar-refractivity contribution is -0.127. The standard InChI is InChI=1S/C17H17NO3/c1-2-12-7-8-13(18-10-12)9-14(19)17-11-20-15-5-3-4-6-16(15)21-17/h3-8,10,17H,2,9,11H2,1H3. The molecule has 0 amide bonds. The third kappa shape index (κ3) is 3.05. The van der Waals surface area contributed by atoms with Crippen molar-refractivity contribution in [2.75, 3.05) is 6.61 Å². The largest absolute Gasteiger partial charge is 0.485 e. The van der Waals surface area contributed by atoms with E-state index in [2.05, 4.69) is 11.9 Å². The Morgan fingerprint density at radius 3 is 2.76 bits per heavy atom. The Hall–Kier alpha value is -2.36. The minimum atomic E-state index is -0.562. The molecule has 4 nitrogen and oxygen atoms in total. The normalized spacial score (nSPS) is 16.5. The first-order valence-corrected chi connectivity index (χ1v) is 7.11. The zero-order valence-electron chi connectivity index (χ0n) is 11.9. The lowest BCUT2D eigenvalue weighted by Gasteiger charge is -2.25. The summed E-state index contributed by atoms with van der Waals surface area (Å²) in [5.41, 5.74) is 1.93. The topological polar surface area (TPSA) is 48.4 Å². The van der Waals surface area contributed by atoms with E-state index in [1.165, 1.54) is 0 Å². The molecule has 1 aliphatic heterocycles. The summed E-state index contributed by atoms with van der Waals surface area (Å²) in [7, 11) is 0. The summed E-state index contributed by atoms with van der Waals surface area (Å²) in [6.07, 6.45) is 2.46. The van der Waals surface area contributed by atoms with Gasteiger partial charge in [0.25, 0.3) is 0 Å². The van der Waals surface area contributed by atoms with Gasteiger partial charge in [0.1, 0.15) is 6.61 Å². The summed E-state index contributed by atoms with van der Waals surface area (Å²) < 4.78 is 11.3. The van der Waals surface area contributed by atoms with Crippen LogP contribution in [0, 0.1) is 0 Å². The summed E-state index contributed by atoms with van der Waals surface area (Å²) >= 11 is 0. The molecule has 1 unspecified atom stereocenters. The third-order valence-corrected chi connectivity index (χ3v) is 3.52. The van der Waals surface area contributed by atoms with Crippen molar-refractivity contribution in [3.8, 4) is 11.5 Å². The van der Waals surface area contributed by atoms with Gasteiger partial charge in [0.05, 0.1) is 6.42 Å². The van der Waals surface area contributed by atoms with Crippen molar-refractivity contribution in [3.05, 3.63) is 53.9 Å². The van der Waals surface area contributed by atoms with E-state index in [0.717, 1.165) is 17.7 Å². The highest BCUT2D eigenvalue weighted by atomic mass is 16.6. The highest BCUT2D eigenvalue weighted by Crippen LogP contribution is 2.31. The minimum absolute atomic E-state index is 0.0127. The minimum Gasteiger partial charge on any atom is -0.485 e. The predicted molar refractivity (Wildman–Crippen MR) is 78.7 cm³/mol. The van der Waals surface area contributed by atoms with Gasteiger partial charge >= 0.3 is 0 Å². The van der Waals surface area contributed by atoms with Gasteiger partial charge in [-0.05, 0) is 30.2 Å². The SMILES string of the molecule is CCc1ccc(CC(=O)C2COc3ccccc3O2)nc1. The monoisotopic (exact) mass is 283 g/mol. The number of Topliss-reactive ketones (excluding diaryl/α,β-unsaturated/α-hetero) is 1. The van der Waals surface area contributed by atoms with Crippen LogP contribution in [0.2, 0.25) is 0 Å². The third-order valence-electron chi connectivity index (χ3n) is 3.52. The molecular formula is C17H17NO3. The maximum atomic E-state index is 12.3. The molecular weight excluding hydrogens is 266 g/mol. The van der Waals surface area contributed by atoms with Crippen molar-refractivity contribution in [1.29, 1.82) is 0 Å². The molecule has 0 saturated heterocycles. The lowest BCUT2D eigenvalue weighted by atomic mass is 10.1. The van der Waals surface area contributed by atoms with Crippen LogP contribution in [0.15, 0.2) is 42.6 Å². The number of ketones is 1. The second-order valence-electron chi connectivity index (χ2n) is 5.02. The average Bonchev–Trinajstić information content (AvgIpc) is 2.55. The first kappa shape index (κ1) is 13.6. The Morgan fingerprint density at radius 2 is 2.05 bits per heavy atom.